The second kappa shape index (κ2) is 13.5. The van der Waals surface area contributed by atoms with Crippen LogP contribution in [-0.4, -0.2) is 16.4 Å². The summed E-state index contributed by atoms with van der Waals surface area (Å²) in [6.45, 7) is 0. The molecule has 0 atom stereocenters. The molecule has 0 bridgehead atoms. The van der Waals surface area contributed by atoms with Gasteiger partial charge in [-0.2, -0.15) is 5.10 Å². The van der Waals surface area contributed by atoms with E-state index in [4.69, 9.17) is 5.41 Å². The lowest BCUT2D eigenvalue weighted by atomic mass is 9.84. The van der Waals surface area contributed by atoms with Crippen LogP contribution in [0.5, 0.6) is 0 Å². The van der Waals surface area contributed by atoms with Gasteiger partial charge in [0.25, 0.3) is 0 Å². The van der Waals surface area contributed by atoms with Gasteiger partial charge in [-0.15, -0.1) is 0 Å². The van der Waals surface area contributed by atoms with Crippen LogP contribution in [0.25, 0.3) is 82.0 Å². The maximum atomic E-state index is 8.91. The van der Waals surface area contributed by atoms with E-state index >= 15 is 0 Å². The Morgan fingerprint density at radius 3 is 1.75 bits per heavy atom. The van der Waals surface area contributed by atoms with Gasteiger partial charge in [0.15, 0.2) is 0 Å². The Kier molecular flexibility index (Phi) is 7.93. The van der Waals surface area contributed by atoms with Crippen molar-refractivity contribution in [2.45, 2.75) is 0 Å². The Morgan fingerprint density at radius 2 is 1.04 bits per heavy atom. The summed E-state index contributed by atoms with van der Waals surface area (Å²) in [5, 5.41) is 23.2. The lowest BCUT2D eigenvalue weighted by Crippen LogP contribution is -2.13. The van der Waals surface area contributed by atoms with Crippen molar-refractivity contribution in [3.63, 3.8) is 0 Å². The number of aromatic nitrogens is 1. The van der Waals surface area contributed by atoms with Crippen molar-refractivity contribution in [2.75, 3.05) is 5.43 Å². The largest absolute Gasteiger partial charge is 0.299 e. The molecule has 0 radical (unpaired) electrons. The van der Waals surface area contributed by atoms with Gasteiger partial charge in [0.1, 0.15) is 5.71 Å². The van der Waals surface area contributed by atoms with Crippen molar-refractivity contribution in [3.05, 3.63) is 200 Å². The minimum Gasteiger partial charge on any atom is -0.299 e. The number of nitrogens with zero attached hydrogens (tertiary/aromatic N) is 2. The van der Waals surface area contributed by atoms with Crippen LogP contribution >= 0.6 is 0 Å². The quantitative estimate of drug-likeness (QED) is 0.103. The molecule has 55 heavy (non-hydrogen) atoms. The fraction of sp³-hybridized carbons (Fsp3) is 0. The topological polar surface area (TPSA) is 61.1 Å². The molecule has 8 aromatic carbocycles. The number of hydrogen-bond acceptors (Lipinski definition) is 4. The molecule has 1 aliphatic rings. The monoisotopic (exact) mass is 702 g/mol. The summed E-state index contributed by atoms with van der Waals surface area (Å²) >= 11 is 0. The van der Waals surface area contributed by atoms with Gasteiger partial charge in [-0.25, -0.2) is 0 Å². The van der Waals surface area contributed by atoms with Crippen LogP contribution in [-0.2, 0) is 0 Å². The van der Waals surface area contributed by atoms with E-state index < -0.39 is 0 Å². The molecule has 10 rings (SSSR count). The minimum absolute atomic E-state index is 0.351. The van der Waals surface area contributed by atoms with Crippen molar-refractivity contribution in [1.29, 1.82) is 5.41 Å². The zero-order valence-electron chi connectivity index (χ0n) is 29.9. The molecule has 0 amide bonds. The normalized spacial score (nSPS) is 13.6. The third-order valence-corrected chi connectivity index (χ3v) is 10.6. The molecule has 1 heterocycles. The highest BCUT2D eigenvalue weighted by Gasteiger charge is 2.19. The Hall–Kier alpha value is -7.43. The summed E-state index contributed by atoms with van der Waals surface area (Å²) in [7, 11) is 0. The van der Waals surface area contributed by atoms with Gasteiger partial charge in [0.05, 0.1) is 11.4 Å². The standard InChI is InChI=1S/C51H34N4/c52-48-30-36(25-28-49(48)55-54-39-26-23-34(24-27-39)47-32-53-31-38-12-2-4-17-41(38)47)35-14-9-15-37(29-35)50-43-18-5-7-20-45(43)51(46-21-8-6-19-44(46)50)42-22-10-13-33-11-1-3-16-40(33)42/h1-32,52,54H/b52-48?,55-49-. The summed E-state index contributed by atoms with van der Waals surface area (Å²) in [6, 6.07) is 57.9. The summed E-state index contributed by atoms with van der Waals surface area (Å²) in [6.07, 6.45) is 9.66. The number of benzene rings is 8. The number of nitrogens with one attached hydrogen (secondary N) is 2. The smallest absolute Gasteiger partial charge is 0.108 e. The van der Waals surface area contributed by atoms with Gasteiger partial charge < -0.3 is 0 Å². The number of hydrogen-bond donors (Lipinski definition) is 2. The predicted octanol–water partition coefficient (Wildman–Crippen LogP) is 13.1. The molecule has 0 unspecified atom stereocenters. The Labute approximate surface area is 319 Å². The average Bonchev–Trinajstić information content (AvgIpc) is 3.25. The number of allylic oxidation sites excluding steroid dienone is 4. The number of pyridine rings is 1. The molecule has 9 aromatic rings. The zero-order chi connectivity index (χ0) is 36.7. The molecule has 2 N–H and O–H groups in total. The van der Waals surface area contributed by atoms with Crippen molar-refractivity contribution >= 4 is 65.8 Å². The van der Waals surface area contributed by atoms with E-state index in [9.17, 15) is 0 Å². The predicted molar refractivity (Wildman–Crippen MR) is 233 cm³/mol. The lowest BCUT2D eigenvalue weighted by Gasteiger charge is -2.19. The number of hydrazone groups is 1. The first-order chi connectivity index (χ1) is 27.2. The number of fused-ring (bicyclic) bond motifs is 4. The van der Waals surface area contributed by atoms with Crippen LogP contribution in [0.4, 0.5) is 5.69 Å². The number of anilines is 1. The second-order valence-electron chi connectivity index (χ2n) is 13.9. The van der Waals surface area contributed by atoms with Gasteiger partial charge in [-0.3, -0.25) is 15.8 Å². The number of rotatable bonds is 6. The second-order valence-corrected chi connectivity index (χ2v) is 13.9. The first kappa shape index (κ1) is 32.2. The molecule has 1 aliphatic carbocycles. The van der Waals surface area contributed by atoms with Crippen LogP contribution < -0.4 is 5.43 Å². The third kappa shape index (κ3) is 5.77. The first-order valence-corrected chi connectivity index (χ1v) is 18.5. The summed E-state index contributed by atoms with van der Waals surface area (Å²) in [5.74, 6) is 0. The molecule has 0 saturated carbocycles. The van der Waals surface area contributed by atoms with E-state index in [0.29, 0.717) is 11.4 Å². The van der Waals surface area contributed by atoms with Crippen molar-refractivity contribution < 1.29 is 0 Å². The molecule has 258 valence electrons. The summed E-state index contributed by atoms with van der Waals surface area (Å²) in [5.41, 5.74) is 14.0. The molecule has 4 heteroatoms. The third-order valence-electron chi connectivity index (χ3n) is 10.6. The SMILES string of the molecule is N=C1C=C(c2cccc(-c3c4ccccc4c(-c4cccc5ccccc45)c4ccccc34)c2)C=C/C1=N/Nc1ccc(-c2cncc3ccccc23)cc1. The van der Waals surface area contributed by atoms with Gasteiger partial charge in [0.2, 0.25) is 0 Å². The van der Waals surface area contributed by atoms with Crippen molar-refractivity contribution in [3.8, 4) is 33.4 Å². The molecule has 0 aliphatic heterocycles. The van der Waals surface area contributed by atoms with Crippen LogP contribution in [0.3, 0.4) is 0 Å². The van der Waals surface area contributed by atoms with E-state index in [1.807, 2.05) is 48.8 Å². The highest BCUT2D eigenvalue weighted by Crippen LogP contribution is 2.45. The van der Waals surface area contributed by atoms with Crippen LogP contribution in [0.1, 0.15) is 5.56 Å². The summed E-state index contributed by atoms with van der Waals surface area (Å²) in [4.78, 5) is 4.44. The van der Waals surface area contributed by atoms with Gasteiger partial charge in [-0.1, -0.05) is 152 Å². The van der Waals surface area contributed by atoms with Crippen molar-refractivity contribution in [1.82, 2.24) is 4.98 Å². The van der Waals surface area contributed by atoms with Gasteiger partial charge in [0, 0.05) is 23.3 Å². The van der Waals surface area contributed by atoms with Gasteiger partial charge in [-0.05, 0) is 107 Å². The fourth-order valence-electron chi connectivity index (χ4n) is 8.04. The van der Waals surface area contributed by atoms with Crippen molar-refractivity contribution in [2.24, 2.45) is 5.10 Å². The Bertz CT molecular complexity index is 3010. The molecular weight excluding hydrogens is 669 g/mol. The molecular formula is C51H34N4. The van der Waals surface area contributed by atoms with Gasteiger partial charge >= 0.3 is 0 Å². The van der Waals surface area contributed by atoms with E-state index in [0.717, 1.165) is 38.9 Å². The molecule has 4 nitrogen and oxygen atoms in total. The molecule has 0 saturated heterocycles. The minimum atomic E-state index is 0.351. The fourth-order valence-corrected chi connectivity index (χ4v) is 8.04. The van der Waals surface area contributed by atoms with Crippen LogP contribution in [0.15, 0.2) is 200 Å². The maximum absolute atomic E-state index is 8.91. The molecule has 1 aromatic heterocycles. The Balaban J connectivity index is 0.966. The van der Waals surface area contributed by atoms with Crippen LogP contribution in [0.2, 0.25) is 0 Å². The van der Waals surface area contributed by atoms with E-state index in [1.54, 1.807) is 0 Å². The average molecular weight is 703 g/mol. The highest BCUT2D eigenvalue weighted by molar-refractivity contribution is 6.51. The Morgan fingerprint density at radius 1 is 0.455 bits per heavy atom. The molecule has 0 spiro atoms. The first-order valence-electron chi connectivity index (χ1n) is 18.5. The van der Waals surface area contributed by atoms with E-state index in [2.05, 4.69) is 161 Å². The van der Waals surface area contributed by atoms with Crippen LogP contribution in [0, 0.1) is 5.41 Å². The van der Waals surface area contributed by atoms with E-state index in [-0.39, 0.29) is 0 Å². The zero-order valence-corrected chi connectivity index (χ0v) is 29.9. The summed E-state index contributed by atoms with van der Waals surface area (Å²) < 4.78 is 0. The highest BCUT2D eigenvalue weighted by atomic mass is 15.3. The lowest BCUT2D eigenvalue weighted by molar-refractivity contribution is 1.34. The van der Waals surface area contributed by atoms with E-state index in [1.165, 1.54) is 54.4 Å². The molecule has 0 fully saturated rings. The maximum Gasteiger partial charge on any atom is 0.108 e.